The molecule has 1 heterocycles. The summed E-state index contributed by atoms with van der Waals surface area (Å²) in [5, 5.41) is 0. The molecular weight excluding hydrogens is 196 g/mol. The first-order chi connectivity index (χ1) is 7.83. The van der Waals surface area contributed by atoms with E-state index in [4.69, 9.17) is 5.73 Å². The lowest BCUT2D eigenvalue weighted by Gasteiger charge is -2.15. The van der Waals surface area contributed by atoms with Crippen molar-refractivity contribution in [1.82, 2.24) is 4.90 Å². The van der Waals surface area contributed by atoms with Crippen molar-refractivity contribution in [3.8, 4) is 0 Å². The Bertz CT molecular complexity index is 298. The molecule has 0 saturated carbocycles. The van der Waals surface area contributed by atoms with E-state index >= 15 is 0 Å². The van der Waals surface area contributed by atoms with E-state index in [1.165, 1.54) is 25.1 Å². The summed E-state index contributed by atoms with van der Waals surface area (Å²) < 4.78 is 0. The van der Waals surface area contributed by atoms with E-state index in [0.717, 1.165) is 19.0 Å². The highest BCUT2D eigenvalue weighted by atomic mass is 15.2. The molecule has 0 spiro atoms. The van der Waals surface area contributed by atoms with Gasteiger partial charge in [-0.05, 0) is 23.9 Å². The molecule has 0 amide bonds. The molecule has 1 aliphatic rings. The Labute approximate surface area is 98.4 Å². The average Bonchev–Trinajstić information content (AvgIpc) is 2.72. The summed E-state index contributed by atoms with van der Waals surface area (Å²) in [6.45, 7) is 6.58. The van der Waals surface area contributed by atoms with Crippen LogP contribution in [0.2, 0.25) is 0 Å². The zero-order valence-corrected chi connectivity index (χ0v) is 10.1. The summed E-state index contributed by atoms with van der Waals surface area (Å²) in [6.07, 6.45) is 1.26. The average molecular weight is 218 g/mol. The van der Waals surface area contributed by atoms with Gasteiger partial charge < -0.3 is 5.73 Å². The fourth-order valence-corrected chi connectivity index (χ4v) is 2.74. The molecule has 0 bridgehead atoms. The summed E-state index contributed by atoms with van der Waals surface area (Å²) in [5.74, 6) is 1.50. The summed E-state index contributed by atoms with van der Waals surface area (Å²) in [7, 11) is 0. The molecule has 2 rings (SSSR count). The predicted octanol–water partition coefficient (Wildman–Crippen LogP) is 2.10. The van der Waals surface area contributed by atoms with Gasteiger partial charge in [-0.3, -0.25) is 4.90 Å². The van der Waals surface area contributed by atoms with Crippen LogP contribution in [0.5, 0.6) is 0 Å². The maximum Gasteiger partial charge on any atom is 0.0233 e. The Balaban J connectivity index is 1.93. The predicted molar refractivity (Wildman–Crippen MR) is 68.0 cm³/mol. The highest BCUT2D eigenvalue weighted by Crippen LogP contribution is 2.26. The lowest BCUT2D eigenvalue weighted by molar-refractivity contribution is 0.312. The van der Waals surface area contributed by atoms with Crippen molar-refractivity contribution in [2.75, 3.05) is 19.6 Å². The lowest BCUT2D eigenvalue weighted by Crippen LogP contribution is -2.23. The van der Waals surface area contributed by atoms with E-state index in [0.29, 0.717) is 5.92 Å². The minimum absolute atomic E-state index is 0.703. The van der Waals surface area contributed by atoms with Crippen LogP contribution in [0.3, 0.4) is 0 Å². The van der Waals surface area contributed by atoms with Gasteiger partial charge in [0.1, 0.15) is 0 Å². The Morgan fingerprint density at radius 1 is 1.19 bits per heavy atom. The number of benzene rings is 1. The second kappa shape index (κ2) is 5.46. The summed E-state index contributed by atoms with van der Waals surface area (Å²) >= 11 is 0. The van der Waals surface area contributed by atoms with Gasteiger partial charge in [-0.1, -0.05) is 43.7 Å². The topological polar surface area (TPSA) is 29.3 Å². The van der Waals surface area contributed by atoms with Gasteiger partial charge in [0.25, 0.3) is 0 Å². The largest absolute Gasteiger partial charge is 0.330 e. The van der Waals surface area contributed by atoms with Crippen molar-refractivity contribution in [3.05, 3.63) is 35.9 Å². The minimum atomic E-state index is 0.703. The molecule has 1 fully saturated rings. The molecule has 88 valence electrons. The second-order valence-electron chi connectivity index (χ2n) is 4.84. The van der Waals surface area contributed by atoms with Crippen LogP contribution in [0, 0.1) is 11.8 Å². The van der Waals surface area contributed by atoms with E-state index in [9.17, 15) is 0 Å². The van der Waals surface area contributed by atoms with E-state index in [1.54, 1.807) is 0 Å². The molecule has 16 heavy (non-hydrogen) atoms. The van der Waals surface area contributed by atoms with E-state index in [1.807, 2.05) is 0 Å². The first-order valence-corrected chi connectivity index (χ1v) is 6.29. The number of nitrogens with zero attached hydrogens (tertiary/aromatic N) is 1. The lowest BCUT2D eigenvalue weighted by atomic mass is 9.94. The van der Waals surface area contributed by atoms with Crippen molar-refractivity contribution >= 4 is 0 Å². The van der Waals surface area contributed by atoms with E-state index < -0.39 is 0 Å². The smallest absolute Gasteiger partial charge is 0.0233 e. The van der Waals surface area contributed by atoms with Crippen LogP contribution in [0.15, 0.2) is 30.3 Å². The van der Waals surface area contributed by atoms with Gasteiger partial charge in [-0.25, -0.2) is 0 Å². The molecule has 2 N–H and O–H groups in total. The van der Waals surface area contributed by atoms with E-state index in [-0.39, 0.29) is 0 Å². The fraction of sp³-hybridized carbons (Fsp3) is 0.571. The quantitative estimate of drug-likeness (QED) is 0.838. The van der Waals surface area contributed by atoms with Gasteiger partial charge in [-0.15, -0.1) is 0 Å². The molecule has 0 unspecified atom stereocenters. The number of hydrogen-bond donors (Lipinski definition) is 1. The molecule has 0 aromatic heterocycles. The minimum Gasteiger partial charge on any atom is -0.330 e. The molecule has 2 heteroatoms. The number of hydrogen-bond acceptors (Lipinski definition) is 2. The Morgan fingerprint density at radius 2 is 1.88 bits per heavy atom. The van der Waals surface area contributed by atoms with Gasteiger partial charge in [-0.2, -0.15) is 0 Å². The fourth-order valence-electron chi connectivity index (χ4n) is 2.74. The summed E-state index contributed by atoms with van der Waals surface area (Å²) in [5.41, 5.74) is 7.24. The molecule has 1 aliphatic heterocycles. The normalized spacial score (nSPS) is 26.1. The van der Waals surface area contributed by atoms with Crippen molar-refractivity contribution in [2.45, 2.75) is 19.9 Å². The maximum atomic E-state index is 5.83. The molecule has 1 saturated heterocycles. The Kier molecular flexibility index (Phi) is 3.97. The molecule has 2 atom stereocenters. The van der Waals surface area contributed by atoms with Crippen molar-refractivity contribution in [2.24, 2.45) is 17.6 Å². The first kappa shape index (κ1) is 11.6. The maximum absolute atomic E-state index is 5.83. The molecule has 0 aliphatic carbocycles. The van der Waals surface area contributed by atoms with Crippen LogP contribution in [0.4, 0.5) is 0 Å². The van der Waals surface area contributed by atoms with Crippen LogP contribution in [-0.2, 0) is 6.54 Å². The first-order valence-electron chi connectivity index (χ1n) is 6.29. The highest BCUT2D eigenvalue weighted by molar-refractivity contribution is 5.14. The van der Waals surface area contributed by atoms with Gasteiger partial charge in [0.15, 0.2) is 0 Å². The second-order valence-corrected chi connectivity index (χ2v) is 4.84. The van der Waals surface area contributed by atoms with Crippen LogP contribution in [-0.4, -0.2) is 24.5 Å². The standard InChI is InChI=1S/C14H22N2/c1-2-13-10-16(11-14(13)8-15)9-12-6-4-3-5-7-12/h3-7,13-14H,2,8-11,15H2,1H3/t13-,14-/m0/s1. The van der Waals surface area contributed by atoms with Gasteiger partial charge in [0.2, 0.25) is 0 Å². The van der Waals surface area contributed by atoms with Crippen LogP contribution >= 0.6 is 0 Å². The van der Waals surface area contributed by atoms with Crippen LogP contribution in [0.1, 0.15) is 18.9 Å². The summed E-state index contributed by atoms with van der Waals surface area (Å²) in [6, 6.07) is 10.7. The van der Waals surface area contributed by atoms with Crippen LogP contribution in [0.25, 0.3) is 0 Å². The molecule has 1 aromatic carbocycles. The zero-order valence-electron chi connectivity index (χ0n) is 10.1. The monoisotopic (exact) mass is 218 g/mol. The Morgan fingerprint density at radius 3 is 2.44 bits per heavy atom. The molecule has 0 radical (unpaired) electrons. The third-order valence-electron chi connectivity index (χ3n) is 3.73. The third-order valence-corrected chi connectivity index (χ3v) is 3.73. The van der Waals surface area contributed by atoms with Gasteiger partial charge in [0.05, 0.1) is 0 Å². The van der Waals surface area contributed by atoms with Gasteiger partial charge in [0, 0.05) is 19.6 Å². The summed E-state index contributed by atoms with van der Waals surface area (Å²) in [4.78, 5) is 2.54. The Hall–Kier alpha value is -0.860. The van der Waals surface area contributed by atoms with Crippen molar-refractivity contribution < 1.29 is 0 Å². The molecular formula is C14H22N2. The third kappa shape index (κ3) is 2.63. The SMILES string of the molecule is CC[C@H]1CN(Cc2ccccc2)C[C@@H]1CN. The number of likely N-dealkylation sites (tertiary alicyclic amines) is 1. The number of nitrogens with two attached hydrogens (primary N) is 1. The highest BCUT2D eigenvalue weighted by Gasteiger charge is 2.29. The van der Waals surface area contributed by atoms with Crippen LogP contribution < -0.4 is 5.73 Å². The molecule has 1 aromatic rings. The van der Waals surface area contributed by atoms with E-state index in [2.05, 4.69) is 42.2 Å². The number of rotatable bonds is 4. The van der Waals surface area contributed by atoms with Gasteiger partial charge >= 0.3 is 0 Å². The van der Waals surface area contributed by atoms with Crippen molar-refractivity contribution in [1.29, 1.82) is 0 Å². The van der Waals surface area contributed by atoms with Crippen molar-refractivity contribution in [3.63, 3.8) is 0 Å². The molecule has 2 nitrogen and oxygen atoms in total. The zero-order chi connectivity index (χ0) is 11.4.